The number of esters is 1. The third-order valence-electron chi connectivity index (χ3n) is 3.97. The van der Waals surface area contributed by atoms with Gasteiger partial charge in [-0.2, -0.15) is 5.10 Å². The third-order valence-corrected chi connectivity index (χ3v) is 3.97. The first kappa shape index (κ1) is 18.1. The molecule has 136 valence electrons. The molecule has 0 fully saturated rings. The average molecular weight is 361 g/mol. The molecule has 1 amide bonds. The molecule has 0 spiro atoms. The van der Waals surface area contributed by atoms with E-state index in [0.29, 0.717) is 11.3 Å². The number of aryl methyl sites for hydroxylation is 1. The lowest BCUT2D eigenvalue weighted by Crippen LogP contribution is -2.10. The van der Waals surface area contributed by atoms with E-state index in [9.17, 15) is 9.59 Å². The Morgan fingerprint density at radius 3 is 2.67 bits per heavy atom. The fraction of sp³-hybridized carbons (Fsp3) is 0.0952. The predicted octanol–water partition coefficient (Wildman–Crippen LogP) is 3.62. The van der Waals surface area contributed by atoms with Crippen LogP contribution in [0, 0.1) is 6.92 Å². The van der Waals surface area contributed by atoms with E-state index in [0.717, 1.165) is 16.8 Å². The molecule has 6 nitrogen and oxygen atoms in total. The average Bonchev–Trinajstić information content (AvgIpc) is 3.17. The second-order valence-electron chi connectivity index (χ2n) is 5.90. The van der Waals surface area contributed by atoms with Crippen molar-refractivity contribution in [3.05, 3.63) is 83.7 Å². The van der Waals surface area contributed by atoms with Crippen LogP contribution in [0.1, 0.15) is 21.5 Å². The number of benzene rings is 2. The molecular formula is C21H19N3O3. The third kappa shape index (κ3) is 4.49. The number of hydrogen-bond donors (Lipinski definition) is 1. The zero-order chi connectivity index (χ0) is 19.2. The highest BCUT2D eigenvalue weighted by Gasteiger charge is 2.09. The van der Waals surface area contributed by atoms with Crippen molar-refractivity contribution in [2.24, 2.45) is 0 Å². The second-order valence-corrected chi connectivity index (χ2v) is 5.90. The number of hydrogen-bond acceptors (Lipinski definition) is 4. The molecule has 2 aromatic carbocycles. The number of ether oxygens (including phenoxy) is 1. The Bertz CT molecular complexity index is 991. The van der Waals surface area contributed by atoms with Crippen molar-refractivity contribution >= 4 is 23.6 Å². The largest absolute Gasteiger partial charge is 0.465 e. The van der Waals surface area contributed by atoms with Gasteiger partial charge in [0.25, 0.3) is 0 Å². The monoisotopic (exact) mass is 361 g/mol. The molecule has 3 rings (SSSR count). The summed E-state index contributed by atoms with van der Waals surface area (Å²) in [4.78, 5) is 23.9. The molecule has 6 heteroatoms. The lowest BCUT2D eigenvalue weighted by molar-refractivity contribution is -0.111. The van der Waals surface area contributed by atoms with Crippen LogP contribution in [0.5, 0.6) is 0 Å². The molecule has 0 radical (unpaired) electrons. The first-order valence-corrected chi connectivity index (χ1v) is 8.35. The maximum Gasteiger partial charge on any atom is 0.337 e. The van der Waals surface area contributed by atoms with Gasteiger partial charge in [0.15, 0.2) is 0 Å². The van der Waals surface area contributed by atoms with E-state index in [1.165, 1.54) is 13.2 Å². The minimum atomic E-state index is -0.450. The number of nitrogens with one attached hydrogen (secondary N) is 1. The van der Waals surface area contributed by atoms with Crippen LogP contribution < -0.4 is 5.32 Å². The molecule has 0 bridgehead atoms. The number of nitrogens with zero attached hydrogens (tertiary/aromatic N) is 2. The second kappa shape index (κ2) is 8.14. The van der Waals surface area contributed by atoms with Gasteiger partial charge >= 0.3 is 5.97 Å². The van der Waals surface area contributed by atoms with Gasteiger partial charge < -0.3 is 10.1 Å². The fourth-order valence-electron chi connectivity index (χ4n) is 2.49. The van der Waals surface area contributed by atoms with Gasteiger partial charge in [0.1, 0.15) is 0 Å². The summed E-state index contributed by atoms with van der Waals surface area (Å²) < 4.78 is 6.44. The van der Waals surface area contributed by atoms with Gasteiger partial charge in [0.05, 0.1) is 24.6 Å². The normalized spacial score (nSPS) is 10.7. The molecule has 1 aromatic heterocycles. The molecule has 0 aliphatic carbocycles. The number of carbonyl (C=O) groups is 2. The predicted molar refractivity (Wildman–Crippen MR) is 104 cm³/mol. The van der Waals surface area contributed by atoms with Gasteiger partial charge in [0, 0.05) is 23.5 Å². The smallest absolute Gasteiger partial charge is 0.337 e. The standard InChI is InChI=1S/C21H19N3O3/c1-15-8-10-17(21(26)27-2)12-19(15)23-20(25)11-9-16-13-22-24(14-16)18-6-4-3-5-7-18/h3-14H,1-2H3,(H,23,25). The van der Waals surface area contributed by atoms with E-state index >= 15 is 0 Å². The maximum atomic E-state index is 12.2. The number of anilines is 1. The highest BCUT2D eigenvalue weighted by Crippen LogP contribution is 2.18. The molecule has 1 N–H and O–H groups in total. The molecule has 3 aromatic rings. The number of carbonyl (C=O) groups excluding carboxylic acids is 2. The molecule has 1 heterocycles. The topological polar surface area (TPSA) is 73.2 Å². The van der Waals surface area contributed by atoms with E-state index < -0.39 is 5.97 Å². The van der Waals surface area contributed by atoms with E-state index in [-0.39, 0.29) is 5.91 Å². The molecule has 27 heavy (non-hydrogen) atoms. The highest BCUT2D eigenvalue weighted by molar-refractivity contribution is 6.03. The Kier molecular flexibility index (Phi) is 5.47. The van der Waals surface area contributed by atoms with E-state index in [2.05, 4.69) is 10.4 Å². The van der Waals surface area contributed by atoms with Crippen LogP contribution in [0.15, 0.2) is 67.0 Å². The van der Waals surface area contributed by atoms with Crippen LogP contribution in [-0.2, 0) is 9.53 Å². The highest BCUT2D eigenvalue weighted by atomic mass is 16.5. The van der Waals surface area contributed by atoms with Crippen LogP contribution in [-0.4, -0.2) is 28.8 Å². The summed E-state index contributed by atoms with van der Waals surface area (Å²) in [5.74, 6) is -0.748. The summed E-state index contributed by atoms with van der Waals surface area (Å²) in [6, 6.07) is 14.7. The molecule has 0 saturated carbocycles. The fourth-order valence-corrected chi connectivity index (χ4v) is 2.49. The van der Waals surface area contributed by atoms with Crippen LogP contribution >= 0.6 is 0 Å². The zero-order valence-electron chi connectivity index (χ0n) is 15.0. The molecule has 0 unspecified atom stereocenters. The minimum absolute atomic E-state index is 0.299. The van der Waals surface area contributed by atoms with Crippen LogP contribution in [0.2, 0.25) is 0 Å². The summed E-state index contributed by atoms with van der Waals surface area (Å²) in [7, 11) is 1.32. The van der Waals surface area contributed by atoms with Crippen molar-refractivity contribution in [3.8, 4) is 5.69 Å². The van der Waals surface area contributed by atoms with Gasteiger partial charge in [-0.05, 0) is 42.8 Å². The number of aromatic nitrogens is 2. The maximum absolute atomic E-state index is 12.2. The Morgan fingerprint density at radius 1 is 1.15 bits per heavy atom. The molecule has 0 aliphatic heterocycles. The Labute approximate surface area is 157 Å². The van der Waals surface area contributed by atoms with Crippen molar-refractivity contribution in [2.45, 2.75) is 6.92 Å². The van der Waals surface area contributed by atoms with Gasteiger partial charge in [-0.3, -0.25) is 4.79 Å². The van der Waals surface area contributed by atoms with Crippen molar-refractivity contribution in [1.82, 2.24) is 9.78 Å². The van der Waals surface area contributed by atoms with Gasteiger partial charge in [-0.25, -0.2) is 9.48 Å². The van der Waals surface area contributed by atoms with Crippen LogP contribution in [0.3, 0.4) is 0 Å². The SMILES string of the molecule is COC(=O)c1ccc(C)c(NC(=O)C=Cc2cnn(-c3ccccc3)c2)c1. The quantitative estimate of drug-likeness (QED) is 0.556. The summed E-state index contributed by atoms with van der Waals surface area (Å²) in [6.07, 6.45) is 6.63. The number of rotatable bonds is 5. The van der Waals surface area contributed by atoms with Crippen molar-refractivity contribution in [2.75, 3.05) is 12.4 Å². The number of methoxy groups -OCH3 is 1. The first-order chi connectivity index (χ1) is 13.1. The van der Waals surface area contributed by atoms with E-state index in [1.54, 1.807) is 35.2 Å². The summed E-state index contributed by atoms with van der Waals surface area (Å²) >= 11 is 0. The molecular weight excluding hydrogens is 342 g/mol. The van der Waals surface area contributed by atoms with Gasteiger partial charge in [-0.15, -0.1) is 0 Å². The Balaban J connectivity index is 1.69. The van der Waals surface area contributed by atoms with Crippen molar-refractivity contribution in [3.63, 3.8) is 0 Å². The summed E-state index contributed by atoms with van der Waals surface area (Å²) in [5.41, 5.74) is 3.53. The number of amides is 1. The lowest BCUT2D eigenvalue weighted by Gasteiger charge is -2.08. The van der Waals surface area contributed by atoms with E-state index in [1.807, 2.05) is 43.5 Å². The minimum Gasteiger partial charge on any atom is -0.465 e. The Morgan fingerprint density at radius 2 is 1.93 bits per heavy atom. The van der Waals surface area contributed by atoms with Crippen LogP contribution in [0.25, 0.3) is 11.8 Å². The molecule has 0 aliphatic rings. The van der Waals surface area contributed by atoms with Gasteiger partial charge in [-0.1, -0.05) is 24.3 Å². The zero-order valence-corrected chi connectivity index (χ0v) is 15.0. The Hall–Kier alpha value is -3.67. The molecule has 0 saturated heterocycles. The van der Waals surface area contributed by atoms with Crippen molar-refractivity contribution < 1.29 is 14.3 Å². The molecule has 0 atom stereocenters. The summed E-state index contributed by atoms with van der Waals surface area (Å²) in [6.45, 7) is 1.85. The first-order valence-electron chi connectivity index (χ1n) is 8.35. The van der Waals surface area contributed by atoms with Crippen LogP contribution in [0.4, 0.5) is 5.69 Å². The van der Waals surface area contributed by atoms with Crippen molar-refractivity contribution in [1.29, 1.82) is 0 Å². The van der Waals surface area contributed by atoms with E-state index in [4.69, 9.17) is 4.74 Å². The van der Waals surface area contributed by atoms with Gasteiger partial charge in [0.2, 0.25) is 5.91 Å². The number of para-hydroxylation sites is 1. The lowest BCUT2D eigenvalue weighted by atomic mass is 10.1. The summed E-state index contributed by atoms with van der Waals surface area (Å²) in [5, 5.41) is 7.06.